The second kappa shape index (κ2) is 4.26. The number of halogens is 3. The molecule has 5 nitrogen and oxygen atoms in total. The van der Waals surface area contributed by atoms with Crippen LogP contribution in [0.2, 0.25) is 0 Å². The molecule has 1 aromatic heterocycles. The Morgan fingerprint density at radius 3 is 2.44 bits per heavy atom. The third kappa shape index (κ3) is 2.42. The molecule has 1 rings (SSSR count). The maximum absolute atomic E-state index is 13.3. The first kappa shape index (κ1) is 12.7. The van der Waals surface area contributed by atoms with E-state index in [1.165, 1.54) is 0 Å². The van der Waals surface area contributed by atoms with Crippen LogP contribution in [0.15, 0.2) is 11.1 Å². The standard InChI is InChI=1S/C7H7F3N2O3S/c1-15-4-2-3(6(9)10)12-7(5(4)8)16(11,13)14/h2,6H,1H3,(H2,11,13,14). The zero-order chi connectivity index (χ0) is 12.5. The van der Waals surface area contributed by atoms with Crippen molar-refractivity contribution in [1.82, 2.24) is 4.98 Å². The van der Waals surface area contributed by atoms with Crippen LogP contribution in [0.1, 0.15) is 12.1 Å². The fourth-order valence-corrected chi connectivity index (χ4v) is 1.53. The number of hydrogen-bond donors (Lipinski definition) is 1. The van der Waals surface area contributed by atoms with Gasteiger partial charge in [0.15, 0.2) is 5.75 Å². The highest BCUT2D eigenvalue weighted by atomic mass is 32.2. The van der Waals surface area contributed by atoms with E-state index in [-0.39, 0.29) is 0 Å². The van der Waals surface area contributed by atoms with Crippen molar-refractivity contribution in [1.29, 1.82) is 0 Å². The van der Waals surface area contributed by atoms with E-state index >= 15 is 0 Å². The second-order valence-electron chi connectivity index (χ2n) is 2.71. The van der Waals surface area contributed by atoms with E-state index < -0.39 is 38.7 Å². The molecule has 1 heterocycles. The highest BCUT2D eigenvalue weighted by molar-refractivity contribution is 7.89. The molecule has 0 aliphatic carbocycles. The fraction of sp³-hybridized carbons (Fsp3) is 0.286. The maximum atomic E-state index is 13.3. The molecule has 0 saturated carbocycles. The molecule has 90 valence electrons. The lowest BCUT2D eigenvalue weighted by molar-refractivity contribution is 0.144. The summed E-state index contributed by atoms with van der Waals surface area (Å²) in [5.41, 5.74) is -0.928. The minimum atomic E-state index is -4.52. The molecule has 0 amide bonds. The zero-order valence-corrected chi connectivity index (χ0v) is 8.76. The van der Waals surface area contributed by atoms with Crippen molar-refractivity contribution in [3.63, 3.8) is 0 Å². The number of rotatable bonds is 3. The van der Waals surface area contributed by atoms with Crippen molar-refractivity contribution in [3.05, 3.63) is 17.6 Å². The summed E-state index contributed by atoms with van der Waals surface area (Å²) in [5, 5.41) is 3.36. The highest BCUT2D eigenvalue weighted by Gasteiger charge is 2.24. The molecular weight excluding hydrogens is 249 g/mol. The Labute approximate surface area is 89.1 Å². The molecule has 0 aliphatic heterocycles. The van der Waals surface area contributed by atoms with E-state index in [2.05, 4.69) is 14.9 Å². The van der Waals surface area contributed by atoms with E-state index in [1.54, 1.807) is 0 Å². The van der Waals surface area contributed by atoms with Crippen molar-refractivity contribution in [2.45, 2.75) is 11.5 Å². The van der Waals surface area contributed by atoms with Gasteiger partial charge in [0.25, 0.3) is 16.4 Å². The average molecular weight is 256 g/mol. The van der Waals surface area contributed by atoms with Crippen LogP contribution in [0.5, 0.6) is 5.75 Å². The van der Waals surface area contributed by atoms with Crippen LogP contribution in [0.4, 0.5) is 13.2 Å². The van der Waals surface area contributed by atoms with Gasteiger partial charge in [-0.15, -0.1) is 0 Å². The Balaban J connectivity index is 3.55. The number of sulfonamides is 1. The van der Waals surface area contributed by atoms with Crippen LogP contribution in [-0.4, -0.2) is 20.5 Å². The Morgan fingerprint density at radius 2 is 2.06 bits per heavy atom. The molecule has 1 aromatic rings. The number of aromatic nitrogens is 1. The summed E-state index contributed by atoms with van der Waals surface area (Å²) in [5.74, 6) is -2.05. The van der Waals surface area contributed by atoms with Gasteiger partial charge in [0.1, 0.15) is 5.69 Å². The van der Waals surface area contributed by atoms with Crippen LogP contribution in [0.25, 0.3) is 0 Å². The van der Waals surface area contributed by atoms with Gasteiger partial charge in [-0.25, -0.2) is 27.3 Å². The van der Waals surface area contributed by atoms with E-state index in [1.807, 2.05) is 0 Å². The quantitative estimate of drug-likeness (QED) is 0.867. The summed E-state index contributed by atoms with van der Waals surface area (Å²) < 4.78 is 64.1. The summed E-state index contributed by atoms with van der Waals surface area (Å²) in [6.07, 6.45) is -3.06. The molecule has 0 radical (unpaired) electrons. The Hall–Kier alpha value is -1.35. The number of alkyl halides is 2. The van der Waals surface area contributed by atoms with E-state index in [0.29, 0.717) is 6.07 Å². The Kier molecular flexibility index (Phi) is 3.38. The number of nitrogens with zero attached hydrogens (tertiary/aromatic N) is 1. The smallest absolute Gasteiger partial charge is 0.280 e. The lowest BCUT2D eigenvalue weighted by Crippen LogP contribution is -2.17. The average Bonchev–Trinajstić information content (AvgIpc) is 2.15. The van der Waals surface area contributed by atoms with Gasteiger partial charge >= 0.3 is 0 Å². The monoisotopic (exact) mass is 256 g/mol. The van der Waals surface area contributed by atoms with Crippen LogP contribution in [-0.2, 0) is 10.0 Å². The highest BCUT2D eigenvalue weighted by Crippen LogP contribution is 2.27. The largest absolute Gasteiger partial charge is 0.493 e. The molecule has 0 aromatic carbocycles. The number of pyridine rings is 1. The van der Waals surface area contributed by atoms with E-state index in [4.69, 9.17) is 0 Å². The molecule has 16 heavy (non-hydrogen) atoms. The molecule has 0 atom stereocenters. The molecule has 0 spiro atoms. The summed E-state index contributed by atoms with van der Waals surface area (Å²) >= 11 is 0. The fourth-order valence-electron chi connectivity index (χ4n) is 0.951. The minimum absolute atomic E-state index is 0.606. The normalized spacial score (nSPS) is 11.9. The van der Waals surface area contributed by atoms with Gasteiger partial charge in [-0.2, -0.15) is 4.39 Å². The maximum Gasteiger partial charge on any atom is 0.280 e. The number of hydrogen-bond acceptors (Lipinski definition) is 4. The first-order chi connectivity index (χ1) is 7.27. The zero-order valence-electron chi connectivity index (χ0n) is 7.95. The van der Waals surface area contributed by atoms with Gasteiger partial charge in [-0.1, -0.05) is 0 Å². The van der Waals surface area contributed by atoms with E-state index in [9.17, 15) is 21.6 Å². The molecule has 2 N–H and O–H groups in total. The predicted octanol–water partition coefficient (Wildman–Crippen LogP) is 0.814. The van der Waals surface area contributed by atoms with Crippen molar-refractivity contribution in [2.24, 2.45) is 5.14 Å². The lowest BCUT2D eigenvalue weighted by Gasteiger charge is -2.08. The molecule has 0 bridgehead atoms. The van der Waals surface area contributed by atoms with Crippen LogP contribution < -0.4 is 9.88 Å². The summed E-state index contributed by atoms with van der Waals surface area (Å²) in [4.78, 5) is 2.93. The molecule has 0 saturated heterocycles. The van der Waals surface area contributed by atoms with E-state index in [0.717, 1.165) is 7.11 Å². The number of ether oxygens (including phenoxy) is 1. The second-order valence-corrected chi connectivity index (χ2v) is 4.19. The van der Waals surface area contributed by atoms with Gasteiger partial charge in [-0.3, -0.25) is 0 Å². The van der Waals surface area contributed by atoms with Gasteiger partial charge in [0.2, 0.25) is 10.8 Å². The molecule has 0 unspecified atom stereocenters. The molecule has 9 heteroatoms. The summed E-state index contributed by atoms with van der Waals surface area (Å²) in [6, 6.07) is 0.606. The Bertz CT molecular complexity index is 504. The number of primary sulfonamides is 1. The van der Waals surface area contributed by atoms with Gasteiger partial charge < -0.3 is 4.74 Å². The van der Waals surface area contributed by atoms with Gasteiger partial charge in [-0.05, 0) is 0 Å². The van der Waals surface area contributed by atoms with Gasteiger partial charge in [0, 0.05) is 6.07 Å². The third-order valence-electron chi connectivity index (χ3n) is 1.63. The van der Waals surface area contributed by atoms with Crippen molar-refractivity contribution >= 4 is 10.0 Å². The molecule has 0 fully saturated rings. The predicted molar refractivity (Wildman–Crippen MR) is 47.1 cm³/mol. The third-order valence-corrected chi connectivity index (χ3v) is 2.44. The molecule has 0 aliphatic rings. The topological polar surface area (TPSA) is 82.3 Å². The summed E-state index contributed by atoms with van der Waals surface area (Å²) in [7, 11) is -3.52. The van der Waals surface area contributed by atoms with Crippen molar-refractivity contribution < 1.29 is 26.3 Å². The molecular formula is C7H7F3N2O3S. The van der Waals surface area contributed by atoms with Gasteiger partial charge in [0.05, 0.1) is 7.11 Å². The number of nitrogens with two attached hydrogens (primary N) is 1. The first-order valence-electron chi connectivity index (χ1n) is 3.82. The van der Waals surface area contributed by atoms with Crippen LogP contribution >= 0.6 is 0 Å². The minimum Gasteiger partial charge on any atom is -0.493 e. The first-order valence-corrected chi connectivity index (χ1v) is 5.37. The SMILES string of the molecule is COc1cc(C(F)F)nc(S(N)(=O)=O)c1F. The van der Waals surface area contributed by atoms with Crippen LogP contribution in [0.3, 0.4) is 0 Å². The Morgan fingerprint density at radius 1 is 1.50 bits per heavy atom. The number of methoxy groups -OCH3 is 1. The summed E-state index contributed by atoms with van der Waals surface area (Å²) in [6.45, 7) is 0. The van der Waals surface area contributed by atoms with Crippen molar-refractivity contribution in [2.75, 3.05) is 7.11 Å². The van der Waals surface area contributed by atoms with Crippen molar-refractivity contribution in [3.8, 4) is 5.75 Å². The van der Waals surface area contributed by atoms with Crippen LogP contribution in [0, 0.1) is 5.82 Å². The lowest BCUT2D eigenvalue weighted by atomic mass is 10.3.